The van der Waals surface area contributed by atoms with Gasteiger partial charge in [-0.25, -0.2) is 9.18 Å². The summed E-state index contributed by atoms with van der Waals surface area (Å²) in [4.78, 5) is 10.8. The highest BCUT2D eigenvalue weighted by molar-refractivity contribution is 5.79. The van der Waals surface area contributed by atoms with Crippen LogP contribution in [0.5, 0.6) is 0 Å². The van der Waals surface area contributed by atoms with Gasteiger partial charge in [-0.3, -0.25) is 5.32 Å². The molecular weight excluding hydrogens is 280 g/mol. The highest BCUT2D eigenvalue weighted by atomic mass is 19.4. The van der Waals surface area contributed by atoms with Gasteiger partial charge in [0, 0.05) is 6.54 Å². The number of benzene rings is 1. The van der Waals surface area contributed by atoms with Crippen molar-refractivity contribution in [2.75, 3.05) is 0 Å². The minimum atomic E-state index is -5.02. The third kappa shape index (κ3) is 3.24. The third-order valence-corrected chi connectivity index (χ3v) is 2.73. The molecule has 20 heavy (non-hydrogen) atoms. The predicted octanol–water partition coefficient (Wildman–Crippen LogP) is 2.19. The number of rotatable bonds is 4. The number of nitriles is 1. The Morgan fingerprint density at radius 2 is 2.00 bits per heavy atom. The molecule has 0 aromatic heterocycles. The minimum absolute atomic E-state index is 0.0401. The van der Waals surface area contributed by atoms with E-state index in [0.29, 0.717) is 6.92 Å². The summed E-state index contributed by atoms with van der Waals surface area (Å²) in [6.45, 7) is -0.0748. The topological polar surface area (TPSA) is 73.1 Å². The second kappa shape index (κ2) is 5.46. The molecule has 1 aromatic rings. The summed E-state index contributed by atoms with van der Waals surface area (Å²) in [6, 6.07) is 4.67. The lowest BCUT2D eigenvalue weighted by Crippen LogP contribution is -2.59. The Hall–Kier alpha value is -2.14. The van der Waals surface area contributed by atoms with E-state index in [1.807, 2.05) is 5.32 Å². The average molecular weight is 290 g/mol. The normalized spacial score (nSPS) is 14.4. The van der Waals surface area contributed by atoms with Gasteiger partial charge in [0.15, 0.2) is 0 Å². The molecule has 0 bridgehead atoms. The van der Waals surface area contributed by atoms with Crippen LogP contribution in [0.15, 0.2) is 18.2 Å². The van der Waals surface area contributed by atoms with E-state index >= 15 is 0 Å². The quantitative estimate of drug-likeness (QED) is 0.834. The van der Waals surface area contributed by atoms with Crippen molar-refractivity contribution in [1.82, 2.24) is 5.32 Å². The van der Waals surface area contributed by atoms with Crippen LogP contribution in [0, 0.1) is 17.1 Å². The molecule has 0 aliphatic carbocycles. The molecule has 8 heteroatoms. The van der Waals surface area contributed by atoms with Crippen molar-refractivity contribution in [3.8, 4) is 6.07 Å². The molecule has 0 amide bonds. The van der Waals surface area contributed by atoms with Crippen molar-refractivity contribution in [2.24, 2.45) is 0 Å². The van der Waals surface area contributed by atoms with Gasteiger partial charge in [-0.1, -0.05) is 0 Å². The molecule has 0 spiro atoms. The molecule has 1 rings (SSSR count). The van der Waals surface area contributed by atoms with Crippen LogP contribution in [-0.4, -0.2) is 22.8 Å². The summed E-state index contributed by atoms with van der Waals surface area (Å²) < 4.78 is 51.2. The van der Waals surface area contributed by atoms with E-state index in [2.05, 4.69) is 0 Å². The summed E-state index contributed by atoms with van der Waals surface area (Å²) in [5.41, 5.74) is -3.18. The molecule has 0 fully saturated rings. The van der Waals surface area contributed by atoms with Crippen LogP contribution >= 0.6 is 0 Å². The fourth-order valence-electron chi connectivity index (χ4n) is 1.39. The van der Waals surface area contributed by atoms with Gasteiger partial charge in [-0.2, -0.15) is 18.4 Å². The van der Waals surface area contributed by atoms with Crippen molar-refractivity contribution in [3.05, 3.63) is 35.1 Å². The first kappa shape index (κ1) is 15.9. The lowest BCUT2D eigenvalue weighted by atomic mass is 10.0. The van der Waals surface area contributed by atoms with Crippen molar-refractivity contribution in [2.45, 2.75) is 25.2 Å². The van der Waals surface area contributed by atoms with Gasteiger partial charge in [0.05, 0.1) is 11.6 Å². The van der Waals surface area contributed by atoms with Gasteiger partial charge >= 0.3 is 12.1 Å². The zero-order chi connectivity index (χ0) is 15.6. The van der Waals surface area contributed by atoms with Gasteiger partial charge in [0.25, 0.3) is 0 Å². The number of nitrogens with zero attached hydrogens (tertiary/aromatic N) is 1. The molecule has 4 nitrogen and oxygen atoms in total. The zero-order valence-corrected chi connectivity index (χ0v) is 10.3. The number of carboxylic acids is 1. The molecule has 1 aromatic carbocycles. The van der Waals surface area contributed by atoms with Crippen LogP contribution in [0.3, 0.4) is 0 Å². The number of carbonyl (C=O) groups is 1. The van der Waals surface area contributed by atoms with E-state index in [9.17, 15) is 22.4 Å². The molecule has 2 N–H and O–H groups in total. The third-order valence-electron chi connectivity index (χ3n) is 2.73. The fraction of sp³-hybridized carbons (Fsp3) is 0.333. The Morgan fingerprint density at radius 3 is 2.45 bits per heavy atom. The van der Waals surface area contributed by atoms with E-state index < -0.39 is 30.0 Å². The zero-order valence-electron chi connectivity index (χ0n) is 10.3. The van der Waals surface area contributed by atoms with Crippen LogP contribution in [0.4, 0.5) is 17.6 Å². The Balaban J connectivity index is 2.98. The molecule has 0 saturated heterocycles. The van der Waals surface area contributed by atoms with Gasteiger partial charge < -0.3 is 5.11 Å². The van der Waals surface area contributed by atoms with Crippen molar-refractivity contribution < 1.29 is 27.5 Å². The van der Waals surface area contributed by atoms with Crippen molar-refractivity contribution in [1.29, 1.82) is 5.26 Å². The summed E-state index contributed by atoms with van der Waals surface area (Å²) >= 11 is 0. The van der Waals surface area contributed by atoms with Crippen LogP contribution in [0.1, 0.15) is 18.1 Å². The molecule has 108 valence electrons. The SMILES string of the molecule is CC(NCc1cc(F)cc(C#N)c1)(C(=O)O)C(F)(F)F. The monoisotopic (exact) mass is 290 g/mol. The first-order valence-electron chi connectivity index (χ1n) is 5.35. The largest absolute Gasteiger partial charge is 0.480 e. The number of hydrogen-bond donors (Lipinski definition) is 2. The first-order valence-corrected chi connectivity index (χ1v) is 5.35. The standard InChI is InChI=1S/C12H10F4N2O2/c1-11(10(19)20,12(14,15)16)18-6-8-2-7(5-17)3-9(13)4-8/h2-4,18H,6H2,1H3,(H,19,20). The lowest BCUT2D eigenvalue weighted by molar-refractivity contribution is -0.206. The van der Waals surface area contributed by atoms with Crippen LogP contribution in [0.2, 0.25) is 0 Å². The van der Waals surface area contributed by atoms with E-state index in [-0.39, 0.29) is 11.1 Å². The van der Waals surface area contributed by atoms with Gasteiger partial charge in [-0.15, -0.1) is 0 Å². The number of nitrogens with one attached hydrogen (secondary N) is 1. The van der Waals surface area contributed by atoms with E-state index in [1.54, 1.807) is 6.07 Å². The molecule has 0 aliphatic heterocycles. The van der Waals surface area contributed by atoms with E-state index in [4.69, 9.17) is 10.4 Å². The van der Waals surface area contributed by atoms with Gasteiger partial charge in [-0.05, 0) is 30.7 Å². The number of carboxylic acid groups (broad SMARTS) is 1. The second-order valence-corrected chi connectivity index (χ2v) is 4.24. The number of halogens is 4. The van der Waals surface area contributed by atoms with E-state index in [1.165, 1.54) is 6.07 Å². The average Bonchev–Trinajstić information content (AvgIpc) is 2.33. The van der Waals surface area contributed by atoms with Crippen molar-refractivity contribution in [3.63, 3.8) is 0 Å². The van der Waals surface area contributed by atoms with E-state index in [0.717, 1.165) is 12.1 Å². The highest BCUT2D eigenvalue weighted by Gasteiger charge is 2.57. The highest BCUT2D eigenvalue weighted by Crippen LogP contribution is 2.30. The molecule has 0 aliphatic rings. The Kier molecular flexibility index (Phi) is 4.35. The summed E-state index contributed by atoms with van der Waals surface area (Å²) in [5, 5.41) is 19.1. The van der Waals surface area contributed by atoms with Crippen LogP contribution < -0.4 is 5.32 Å². The maximum absolute atomic E-state index is 13.1. The predicted molar refractivity (Wildman–Crippen MR) is 60.1 cm³/mol. The maximum Gasteiger partial charge on any atom is 0.417 e. The van der Waals surface area contributed by atoms with Gasteiger partial charge in [0.2, 0.25) is 5.54 Å². The fourth-order valence-corrected chi connectivity index (χ4v) is 1.39. The number of aliphatic carboxylic acids is 1. The summed E-state index contributed by atoms with van der Waals surface area (Å²) in [7, 11) is 0. The lowest BCUT2D eigenvalue weighted by Gasteiger charge is -2.28. The second-order valence-electron chi connectivity index (χ2n) is 4.24. The smallest absolute Gasteiger partial charge is 0.417 e. The van der Waals surface area contributed by atoms with Crippen LogP contribution in [0.25, 0.3) is 0 Å². The molecule has 0 radical (unpaired) electrons. The Bertz CT molecular complexity index is 566. The van der Waals surface area contributed by atoms with Crippen molar-refractivity contribution >= 4 is 5.97 Å². The first-order chi connectivity index (χ1) is 9.10. The summed E-state index contributed by atoms with van der Waals surface area (Å²) in [5.74, 6) is -2.88. The maximum atomic E-state index is 13.1. The molecule has 1 unspecified atom stereocenters. The van der Waals surface area contributed by atoms with Crippen LogP contribution in [-0.2, 0) is 11.3 Å². The molecule has 0 saturated carbocycles. The van der Waals surface area contributed by atoms with Gasteiger partial charge in [0.1, 0.15) is 5.82 Å². The molecular formula is C12H10F4N2O2. The molecule has 1 atom stereocenters. The number of hydrogen-bond acceptors (Lipinski definition) is 3. The Labute approximate surface area is 111 Å². The summed E-state index contributed by atoms with van der Waals surface area (Å²) in [6.07, 6.45) is -5.02. The number of alkyl halides is 3. The Morgan fingerprint density at radius 1 is 1.40 bits per heavy atom. The minimum Gasteiger partial charge on any atom is -0.480 e. The molecule has 0 heterocycles.